The first kappa shape index (κ1) is 14.8. The number of oxazole rings is 1. The molecule has 0 aliphatic rings. The molecular formula is C19H22N2O. The average molecular weight is 294 g/mol. The van der Waals surface area contributed by atoms with Gasteiger partial charge in [-0.1, -0.05) is 42.0 Å². The van der Waals surface area contributed by atoms with E-state index in [4.69, 9.17) is 4.42 Å². The molecule has 0 N–H and O–H groups in total. The Morgan fingerprint density at radius 1 is 1.05 bits per heavy atom. The van der Waals surface area contributed by atoms with Crippen molar-refractivity contribution in [3.63, 3.8) is 0 Å². The van der Waals surface area contributed by atoms with Crippen molar-refractivity contribution >= 4 is 11.1 Å². The van der Waals surface area contributed by atoms with Crippen LogP contribution in [0.1, 0.15) is 23.4 Å². The highest BCUT2D eigenvalue weighted by atomic mass is 16.3. The molecule has 0 bridgehead atoms. The van der Waals surface area contributed by atoms with Crippen molar-refractivity contribution in [1.82, 2.24) is 9.88 Å². The van der Waals surface area contributed by atoms with E-state index in [0.29, 0.717) is 0 Å². The molecule has 0 spiro atoms. The normalized spacial score (nSPS) is 11.4. The highest BCUT2D eigenvalue weighted by Crippen LogP contribution is 2.16. The van der Waals surface area contributed by atoms with Crippen LogP contribution in [0.4, 0.5) is 0 Å². The molecule has 0 unspecified atom stereocenters. The number of benzene rings is 2. The molecule has 2 aromatic carbocycles. The van der Waals surface area contributed by atoms with Gasteiger partial charge in [0.2, 0.25) is 0 Å². The molecule has 1 aromatic heterocycles. The molecule has 3 aromatic rings. The van der Waals surface area contributed by atoms with E-state index >= 15 is 0 Å². The largest absolute Gasteiger partial charge is 0.441 e. The highest BCUT2D eigenvalue weighted by Gasteiger charge is 2.06. The SMILES string of the molecule is Cc1ccc(CN(C)CCCc2nc3ccccc3o2)cc1. The van der Waals surface area contributed by atoms with E-state index in [-0.39, 0.29) is 0 Å². The Balaban J connectivity index is 1.48. The lowest BCUT2D eigenvalue weighted by atomic mass is 10.1. The zero-order valence-electron chi connectivity index (χ0n) is 13.2. The van der Waals surface area contributed by atoms with Crippen molar-refractivity contribution < 1.29 is 4.42 Å². The standard InChI is InChI=1S/C19H22N2O/c1-15-9-11-16(12-10-15)14-21(2)13-5-8-19-20-17-6-3-4-7-18(17)22-19/h3-4,6-7,9-12H,5,8,13-14H2,1-2H3. The van der Waals surface area contributed by atoms with Crippen LogP contribution in [0.15, 0.2) is 52.9 Å². The quantitative estimate of drug-likeness (QED) is 0.682. The van der Waals surface area contributed by atoms with Crippen molar-refractivity contribution in [2.24, 2.45) is 0 Å². The van der Waals surface area contributed by atoms with Crippen molar-refractivity contribution in [2.75, 3.05) is 13.6 Å². The number of hydrogen-bond donors (Lipinski definition) is 0. The van der Waals surface area contributed by atoms with E-state index in [1.807, 2.05) is 24.3 Å². The Morgan fingerprint density at radius 2 is 1.82 bits per heavy atom. The molecular weight excluding hydrogens is 272 g/mol. The molecule has 0 amide bonds. The molecule has 0 saturated heterocycles. The predicted octanol–water partition coefficient (Wildman–Crippen LogP) is 4.20. The summed E-state index contributed by atoms with van der Waals surface area (Å²) in [5, 5.41) is 0. The number of para-hydroxylation sites is 2. The van der Waals surface area contributed by atoms with Gasteiger partial charge >= 0.3 is 0 Å². The van der Waals surface area contributed by atoms with Gasteiger partial charge in [-0.05, 0) is 44.6 Å². The van der Waals surface area contributed by atoms with E-state index in [1.54, 1.807) is 0 Å². The smallest absolute Gasteiger partial charge is 0.195 e. The van der Waals surface area contributed by atoms with E-state index in [1.165, 1.54) is 11.1 Å². The molecule has 114 valence electrons. The molecule has 0 aliphatic carbocycles. The molecule has 1 heterocycles. The number of nitrogens with zero attached hydrogens (tertiary/aromatic N) is 2. The molecule has 0 aliphatic heterocycles. The highest BCUT2D eigenvalue weighted by molar-refractivity contribution is 5.72. The maximum atomic E-state index is 5.75. The van der Waals surface area contributed by atoms with E-state index < -0.39 is 0 Å². The van der Waals surface area contributed by atoms with E-state index in [0.717, 1.165) is 42.9 Å². The van der Waals surface area contributed by atoms with Crippen molar-refractivity contribution in [1.29, 1.82) is 0 Å². The van der Waals surface area contributed by atoms with E-state index in [9.17, 15) is 0 Å². The molecule has 22 heavy (non-hydrogen) atoms. The van der Waals surface area contributed by atoms with Gasteiger partial charge in [0.25, 0.3) is 0 Å². The van der Waals surface area contributed by atoms with Crippen LogP contribution in [-0.2, 0) is 13.0 Å². The summed E-state index contributed by atoms with van der Waals surface area (Å²) in [5.74, 6) is 0.838. The summed E-state index contributed by atoms with van der Waals surface area (Å²) in [6.07, 6.45) is 1.93. The second kappa shape index (κ2) is 6.75. The minimum atomic E-state index is 0.838. The third-order valence-corrected chi connectivity index (χ3v) is 3.84. The summed E-state index contributed by atoms with van der Waals surface area (Å²) in [4.78, 5) is 6.86. The average Bonchev–Trinajstić information content (AvgIpc) is 2.92. The first-order valence-electron chi connectivity index (χ1n) is 7.79. The van der Waals surface area contributed by atoms with Crippen LogP contribution >= 0.6 is 0 Å². The topological polar surface area (TPSA) is 29.3 Å². The van der Waals surface area contributed by atoms with Gasteiger partial charge in [-0.2, -0.15) is 0 Å². The maximum Gasteiger partial charge on any atom is 0.195 e. The number of aryl methyl sites for hydroxylation is 2. The summed E-state index contributed by atoms with van der Waals surface area (Å²) < 4.78 is 5.75. The Morgan fingerprint density at radius 3 is 2.59 bits per heavy atom. The maximum absolute atomic E-state index is 5.75. The zero-order chi connectivity index (χ0) is 15.4. The van der Waals surface area contributed by atoms with Crippen LogP contribution < -0.4 is 0 Å². The summed E-state index contributed by atoms with van der Waals surface area (Å²) in [7, 11) is 2.16. The predicted molar refractivity (Wildman–Crippen MR) is 89.8 cm³/mol. The summed E-state index contributed by atoms with van der Waals surface area (Å²) >= 11 is 0. The van der Waals surface area contributed by atoms with Crippen LogP contribution in [0.5, 0.6) is 0 Å². The number of fused-ring (bicyclic) bond motifs is 1. The number of aromatic nitrogens is 1. The van der Waals surface area contributed by atoms with Gasteiger partial charge in [-0.15, -0.1) is 0 Å². The molecule has 0 atom stereocenters. The lowest BCUT2D eigenvalue weighted by molar-refractivity contribution is 0.317. The molecule has 3 heteroatoms. The van der Waals surface area contributed by atoms with Crippen molar-refractivity contribution in [2.45, 2.75) is 26.3 Å². The monoisotopic (exact) mass is 294 g/mol. The fraction of sp³-hybridized carbons (Fsp3) is 0.316. The summed E-state index contributed by atoms with van der Waals surface area (Å²) in [6, 6.07) is 16.7. The van der Waals surface area contributed by atoms with Gasteiger partial charge in [0.15, 0.2) is 11.5 Å². The van der Waals surface area contributed by atoms with Crippen LogP contribution in [0.2, 0.25) is 0 Å². The van der Waals surface area contributed by atoms with Gasteiger partial charge in [-0.25, -0.2) is 4.98 Å². The van der Waals surface area contributed by atoms with Crippen LogP contribution in [0, 0.1) is 6.92 Å². The molecule has 0 saturated carbocycles. The van der Waals surface area contributed by atoms with Crippen LogP contribution in [0.25, 0.3) is 11.1 Å². The Kier molecular flexibility index (Phi) is 4.54. The lowest BCUT2D eigenvalue weighted by Crippen LogP contribution is -2.19. The number of rotatable bonds is 6. The number of hydrogen-bond acceptors (Lipinski definition) is 3. The summed E-state index contributed by atoms with van der Waals surface area (Å²) in [6.45, 7) is 4.13. The Labute approximate surface area is 131 Å². The fourth-order valence-corrected chi connectivity index (χ4v) is 2.61. The van der Waals surface area contributed by atoms with E-state index in [2.05, 4.69) is 48.1 Å². The Hall–Kier alpha value is -2.13. The van der Waals surface area contributed by atoms with Gasteiger partial charge in [0.1, 0.15) is 5.52 Å². The minimum Gasteiger partial charge on any atom is -0.441 e. The van der Waals surface area contributed by atoms with Crippen molar-refractivity contribution in [3.05, 3.63) is 65.5 Å². The minimum absolute atomic E-state index is 0.838. The van der Waals surface area contributed by atoms with Crippen LogP contribution in [-0.4, -0.2) is 23.5 Å². The first-order chi connectivity index (χ1) is 10.7. The second-order valence-electron chi connectivity index (χ2n) is 5.90. The van der Waals surface area contributed by atoms with Gasteiger partial charge < -0.3 is 9.32 Å². The molecule has 3 rings (SSSR count). The van der Waals surface area contributed by atoms with Crippen molar-refractivity contribution in [3.8, 4) is 0 Å². The fourth-order valence-electron chi connectivity index (χ4n) is 2.61. The third-order valence-electron chi connectivity index (χ3n) is 3.84. The van der Waals surface area contributed by atoms with Gasteiger partial charge in [-0.3, -0.25) is 0 Å². The lowest BCUT2D eigenvalue weighted by Gasteiger charge is -2.16. The molecule has 0 radical (unpaired) electrons. The Bertz CT molecular complexity index is 698. The summed E-state index contributed by atoms with van der Waals surface area (Å²) in [5.41, 5.74) is 4.49. The van der Waals surface area contributed by atoms with Crippen LogP contribution in [0.3, 0.4) is 0 Å². The third kappa shape index (κ3) is 3.74. The zero-order valence-corrected chi connectivity index (χ0v) is 13.2. The van der Waals surface area contributed by atoms with Gasteiger partial charge in [0.05, 0.1) is 0 Å². The first-order valence-corrected chi connectivity index (χ1v) is 7.79. The van der Waals surface area contributed by atoms with Gasteiger partial charge in [0, 0.05) is 13.0 Å². The second-order valence-corrected chi connectivity index (χ2v) is 5.90. The molecule has 3 nitrogen and oxygen atoms in total. The molecule has 0 fully saturated rings.